The second kappa shape index (κ2) is 6.93. The lowest BCUT2D eigenvalue weighted by Crippen LogP contribution is -2.15. The molecule has 0 bridgehead atoms. The van der Waals surface area contributed by atoms with Crippen LogP contribution in [0, 0.1) is 5.92 Å². The minimum Gasteiger partial charge on any atom is -0.476 e. The van der Waals surface area contributed by atoms with E-state index in [1.54, 1.807) is 0 Å². The Labute approximate surface area is 103 Å². The number of rotatable bonds is 7. The molecule has 17 heavy (non-hydrogen) atoms. The van der Waals surface area contributed by atoms with Gasteiger partial charge in [0.2, 0.25) is 5.88 Å². The summed E-state index contributed by atoms with van der Waals surface area (Å²) in [5.74, 6) is 1.75. The van der Waals surface area contributed by atoms with E-state index in [-0.39, 0.29) is 0 Å². The Bertz CT molecular complexity index is 339. The molecule has 3 N–H and O–H groups in total. The quantitative estimate of drug-likeness (QED) is 0.762. The van der Waals surface area contributed by atoms with Crippen molar-refractivity contribution in [1.29, 1.82) is 0 Å². The summed E-state index contributed by atoms with van der Waals surface area (Å²) in [6.07, 6.45) is 3.76. The zero-order valence-corrected chi connectivity index (χ0v) is 10.9. The molecular weight excluding hydrogens is 216 g/mol. The second-order valence-electron chi connectivity index (χ2n) is 3.94. The Kier molecular flexibility index (Phi) is 5.52. The minimum absolute atomic E-state index is 0.453. The average Bonchev–Trinajstić information content (AvgIpc) is 2.35. The van der Waals surface area contributed by atoms with Gasteiger partial charge in [0.15, 0.2) is 5.82 Å². The molecule has 1 heterocycles. The minimum atomic E-state index is 0.453. The van der Waals surface area contributed by atoms with Gasteiger partial charge in [-0.1, -0.05) is 26.7 Å². The van der Waals surface area contributed by atoms with Gasteiger partial charge in [-0.2, -0.15) is 4.98 Å². The van der Waals surface area contributed by atoms with Gasteiger partial charge in [0.1, 0.15) is 12.0 Å². The molecule has 5 nitrogen and oxygen atoms in total. The molecule has 0 aromatic carbocycles. The van der Waals surface area contributed by atoms with Crippen LogP contribution in [-0.4, -0.2) is 23.1 Å². The molecule has 1 aromatic rings. The Morgan fingerprint density at radius 1 is 1.29 bits per heavy atom. The number of hydrogen-bond acceptors (Lipinski definition) is 5. The maximum atomic E-state index is 5.93. The van der Waals surface area contributed by atoms with Gasteiger partial charge in [-0.3, -0.25) is 0 Å². The molecule has 0 atom stereocenters. The molecule has 0 fully saturated rings. The Morgan fingerprint density at radius 3 is 2.59 bits per heavy atom. The topological polar surface area (TPSA) is 73.1 Å². The van der Waals surface area contributed by atoms with E-state index in [2.05, 4.69) is 29.1 Å². The molecule has 0 aliphatic rings. The Morgan fingerprint density at radius 2 is 2.00 bits per heavy atom. The fourth-order valence-corrected chi connectivity index (χ4v) is 1.59. The number of nitrogens with one attached hydrogen (secondary N) is 1. The third-order valence-corrected chi connectivity index (χ3v) is 2.84. The molecule has 96 valence electrons. The van der Waals surface area contributed by atoms with Crippen molar-refractivity contribution in [2.75, 3.05) is 24.2 Å². The van der Waals surface area contributed by atoms with Gasteiger partial charge in [0.05, 0.1) is 6.61 Å². The normalized spacial score (nSPS) is 10.6. The van der Waals surface area contributed by atoms with E-state index in [0.717, 1.165) is 19.4 Å². The van der Waals surface area contributed by atoms with Crippen molar-refractivity contribution in [2.45, 2.75) is 33.6 Å². The first-order chi connectivity index (χ1) is 8.22. The molecule has 0 saturated carbocycles. The van der Waals surface area contributed by atoms with Crippen molar-refractivity contribution in [3.05, 3.63) is 6.33 Å². The maximum absolute atomic E-state index is 5.93. The highest BCUT2D eigenvalue weighted by Crippen LogP contribution is 2.24. The number of ether oxygens (including phenoxy) is 1. The van der Waals surface area contributed by atoms with Crippen LogP contribution in [0.4, 0.5) is 11.5 Å². The molecule has 0 unspecified atom stereocenters. The van der Waals surface area contributed by atoms with Crippen molar-refractivity contribution < 1.29 is 4.74 Å². The van der Waals surface area contributed by atoms with Gasteiger partial charge in [0.25, 0.3) is 0 Å². The summed E-state index contributed by atoms with van der Waals surface area (Å²) < 4.78 is 5.32. The van der Waals surface area contributed by atoms with Crippen LogP contribution in [-0.2, 0) is 0 Å². The third-order valence-electron chi connectivity index (χ3n) is 2.84. The molecule has 0 saturated heterocycles. The zero-order valence-electron chi connectivity index (χ0n) is 10.9. The fourth-order valence-electron chi connectivity index (χ4n) is 1.59. The summed E-state index contributed by atoms with van der Waals surface area (Å²) in [6, 6.07) is 0. The summed E-state index contributed by atoms with van der Waals surface area (Å²) in [5, 5.41) is 3.26. The largest absolute Gasteiger partial charge is 0.476 e. The van der Waals surface area contributed by atoms with E-state index in [9.17, 15) is 0 Å². The smallest absolute Gasteiger partial charge is 0.242 e. The van der Waals surface area contributed by atoms with Gasteiger partial charge < -0.3 is 15.8 Å². The lowest BCUT2D eigenvalue weighted by atomic mass is 10.0. The molecule has 0 aliphatic heterocycles. The third kappa shape index (κ3) is 3.76. The van der Waals surface area contributed by atoms with Crippen LogP contribution in [0.2, 0.25) is 0 Å². The first kappa shape index (κ1) is 13.5. The molecule has 5 heteroatoms. The standard InChI is InChI=1S/C12H22N4O/c1-4-9(5-2)7-14-11-10(13)12(17-6-3)16-8-15-11/h8-9H,4-7,13H2,1-3H3,(H,14,15,16). The fraction of sp³-hybridized carbons (Fsp3) is 0.667. The first-order valence-corrected chi connectivity index (χ1v) is 6.19. The van der Waals surface area contributed by atoms with E-state index in [4.69, 9.17) is 10.5 Å². The van der Waals surface area contributed by atoms with Crippen LogP contribution in [0.5, 0.6) is 5.88 Å². The van der Waals surface area contributed by atoms with Crippen molar-refractivity contribution >= 4 is 11.5 Å². The predicted molar refractivity (Wildman–Crippen MR) is 70.2 cm³/mol. The van der Waals surface area contributed by atoms with Crippen LogP contribution in [0.15, 0.2) is 6.33 Å². The van der Waals surface area contributed by atoms with Crippen LogP contribution in [0.1, 0.15) is 33.6 Å². The van der Waals surface area contributed by atoms with Gasteiger partial charge in [-0.05, 0) is 12.8 Å². The highest BCUT2D eigenvalue weighted by molar-refractivity contribution is 5.66. The number of nitrogens with two attached hydrogens (primary N) is 1. The van der Waals surface area contributed by atoms with Crippen LogP contribution in [0.3, 0.4) is 0 Å². The van der Waals surface area contributed by atoms with E-state index in [1.165, 1.54) is 6.33 Å². The molecule has 0 spiro atoms. The average molecular weight is 238 g/mol. The van der Waals surface area contributed by atoms with E-state index < -0.39 is 0 Å². The lowest BCUT2D eigenvalue weighted by molar-refractivity contribution is 0.328. The van der Waals surface area contributed by atoms with Crippen LogP contribution < -0.4 is 15.8 Å². The zero-order chi connectivity index (χ0) is 12.7. The maximum Gasteiger partial charge on any atom is 0.242 e. The number of aromatic nitrogens is 2. The lowest BCUT2D eigenvalue weighted by Gasteiger charge is -2.15. The number of nitrogen functional groups attached to an aromatic ring is 1. The summed E-state index contributed by atoms with van der Waals surface area (Å²) >= 11 is 0. The molecule has 1 aromatic heterocycles. The molecular formula is C12H22N4O. The second-order valence-corrected chi connectivity index (χ2v) is 3.94. The van der Waals surface area contributed by atoms with E-state index >= 15 is 0 Å². The molecule has 0 radical (unpaired) electrons. The summed E-state index contributed by atoms with van der Waals surface area (Å²) in [7, 11) is 0. The molecule has 0 amide bonds. The van der Waals surface area contributed by atoms with Crippen molar-refractivity contribution in [3.8, 4) is 5.88 Å². The first-order valence-electron chi connectivity index (χ1n) is 6.19. The summed E-state index contributed by atoms with van der Waals surface area (Å²) in [6.45, 7) is 7.70. The van der Waals surface area contributed by atoms with Gasteiger partial charge in [-0.25, -0.2) is 4.98 Å². The van der Waals surface area contributed by atoms with Crippen LogP contribution in [0.25, 0.3) is 0 Å². The number of nitrogens with zero attached hydrogens (tertiary/aromatic N) is 2. The van der Waals surface area contributed by atoms with Gasteiger partial charge in [-0.15, -0.1) is 0 Å². The summed E-state index contributed by atoms with van der Waals surface area (Å²) in [5.41, 5.74) is 6.41. The highest BCUT2D eigenvalue weighted by Gasteiger charge is 2.10. The number of anilines is 2. The van der Waals surface area contributed by atoms with Crippen molar-refractivity contribution in [2.24, 2.45) is 5.92 Å². The van der Waals surface area contributed by atoms with Crippen molar-refractivity contribution in [1.82, 2.24) is 9.97 Å². The van der Waals surface area contributed by atoms with Gasteiger partial charge in [0, 0.05) is 6.54 Å². The van der Waals surface area contributed by atoms with Gasteiger partial charge >= 0.3 is 0 Å². The molecule has 0 aliphatic carbocycles. The summed E-state index contributed by atoms with van der Waals surface area (Å²) in [4.78, 5) is 8.13. The Balaban J connectivity index is 2.67. The SMILES string of the molecule is CCOc1ncnc(NCC(CC)CC)c1N. The number of hydrogen-bond donors (Lipinski definition) is 2. The molecule has 1 rings (SSSR count). The van der Waals surface area contributed by atoms with Crippen LogP contribution >= 0.6 is 0 Å². The van der Waals surface area contributed by atoms with E-state index in [0.29, 0.717) is 29.9 Å². The van der Waals surface area contributed by atoms with E-state index in [1.807, 2.05) is 6.92 Å². The predicted octanol–water partition coefficient (Wildman–Crippen LogP) is 2.31. The van der Waals surface area contributed by atoms with Crippen molar-refractivity contribution in [3.63, 3.8) is 0 Å². The Hall–Kier alpha value is -1.52. The monoisotopic (exact) mass is 238 g/mol. The highest BCUT2D eigenvalue weighted by atomic mass is 16.5.